The molecule has 102 valence electrons. The van der Waals surface area contributed by atoms with Crippen LogP contribution < -0.4 is 0 Å². The fourth-order valence-electron chi connectivity index (χ4n) is 2.11. The van der Waals surface area contributed by atoms with Crippen molar-refractivity contribution in [3.8, 4) is 11.8 Å². The first kappa shape index (κ1) is 13.5. The van der Waals surface area contributed by atoms with Crippen LogP contribution in [0.2, 0.25) is 0 Å². The van der Waals surface area contributed by atoms with Crippen LogP contribution in [0, 0.1) is 22.0 Å². The van der Waals surface area contributed by atoms with Crippen molar-refractivity contribution in [2.24, 2.45) is 0 Å². The molecule has 0 spiro atoms. The van der Waals surface area contributed by atoms with Crippen molar-refractivity contribution in [3.05, 3.63) is 27.9 Å². The fourth-order valence-corrected chi connectivity index (χ4v) is 2.11. The van der Waals surface area contributed by atoms with Crippen LogP contribution >= 0.6 is 0 Å². The van der Waals surface area contributed by atoms with Crippen LogP contribution in [-0.4, -0.2) is 38.5 Å². The van der Waals surface area contributed by atoms with Gasteiger partial charge in [0.25, 0.3) is 0 Å². The lowest BCUT2D eigenvalue weighted by Crippen LogP contribution is -2.24. The number of aromatic nitrogens is 1. The summed E-state index contributed by atoms with van der Waals surface area (Å²) in [5, 5.41) is 29.7. The van der Waals surface area contributed by atoms with Crippen LogP contribution in [0.15, 0.2) is 12.3 Å². The smallest absolute Gasteiger partial charge is 0.326 e. The number of nitrogens with zero attached hydrogens (tertiary/aromatic N) is 2. The van der Waals surface area contributed by atoms with Gasteiger partial charge in [0.15, 0.2) is 0 Å². The van der Waals surface area contributed by atoms with Crippen molar-refractivity contribution in [1.82, 2.24) is 4.57 Å². The van der Waals surface area contributed by atoms with Gasteiger partial charge in [-0.1, -0.05) is 5.92 Å². The van der Waals surface area contributed by atoms with E-state index in [4.69, 9.17) is 9.84 Å². The molecule has 1 fully saturated rings. The summed E-state index contributed by atoms with van der Waals surface area (Å²) in [6.07, 6.45) is -0.503. The van der Waals surface area contributed by atoms with Crippen molar-refractivity contribution in [2.75, 3.05) is 6.61 Å². The van der Waals surface area contributed by atoms with E-state index in [-0.39, 0.29) is 18.8 Å². The molecule has 1 aliphatic heterocycles. The third-order valence-corrected chi connectivity index (χ3v) is 2.98. The molecular weight excluding hydrogens is 252 g/mol. The van der Waals surface area contributed by atoms with Crippen molar-refractivity contribution >= 4 is 5.82 Å². The van der Waals surface area contributed by atoms with Gasteiger partial charge in [-0.05, 0) is 11.8 Å². The maximum atomic E-state index is 11.0. The number of rotatable bonds is 3. The molecule has 0 amide bonds. The molecule has 1 aromatic rings. The summed E-state index contributed by atoms with van der Waals surface area (Å²) in [6, 6.07) is 1.36. The number of ether oxygens (including phenoxy) is 1. The Kier molecular flexibility index (Phi) is 3.85. The zero-order valence-electron chi connectivity index (χ0n) is 10.3. The number of nitro groups is 1. The normalized spacial score (nSPS) is 25.9. The van der Waals surface area contributed by atoms with E-state index >= 15 is 0 Å². The Bertz CT molecular complexity index is 542. The average molecular weight is 266 g/mol. The molecule has 3 atom stereocenters. The third-order valence-electron chi connectivity index (χ3n) is 2.98. The van der Waals surface area contributed by atoms with E-state index in [0.29, 0.717) is 5.56 Å². The molecule has 7 heteroatoms. The van der Waals surface area contributed by atoms with Crippen molar-refractivity contribution in [3.63, 3.8) is 0 Å². The van der Waals surface area contributed by atoms with E-state index in [1.54, 1.807) is 6.92 Å². The number of aliphatic hydroxyl groups excluding tert-OH is 2. The van der Waals surface area contributed by atoms with Crippen molar-refractivity contribution in [1.29, 1.82) is 0 Å². The Hall–Kier alpha value is -1.88. The predicted octanol–water partition coefficient (Wildman–Crippen LogP) is 0.408. The highest BCUT2D eigenvalue weighted by molar-refractivity contribution is 5.41. The molecule has 7 nitrogen and oxygen atoms in total. The lowest BCUT2D eigenvalue weighted by molar-refractivity contribution is -0.393. The molecule has 0 aliphatic carbocycles. The van der Waals surface area contributed by atoms with Gasteiger partial charge in [0.2, 0.25) is 6.23 Å². The lowest BCUT2D eigenvalue weighted by Gasteiger charge is -2.10. The molecule has 1 saturated heterocycles. The molecule has 19 heavy (non-hydrogen) atoms. The van der Waals surface area contributed by atoms with Crippen LogP contribution in [0.25, 0.3) is 0 Å². The molecule has 0 radical (unpaired) electrons. The minimum absolute atomic E-state index is 0.145. The molecule has 1 aliphatic rings. The first-order valence-electron chi connectivity index (χ1n) is 5.80. The monoisotopic (exact) mass is 266 g/mol. The van der Waals surface area contributed by atoms with E-state index in [2.05, 4.69) is 11.8 Å². The zero-order chi connectivity index (χ0) is 14.0. The van der Waals surface area contributed by atoms with E-state index in [1.807, 2.05) is 0 Å². The summed E-state index contributed by atoms with van der Waals surface area (Å²) in [5.41, 5.74) is 0.514. The second-order valence-corrected chi connectivity index (χ2v) is 4.24. The van der Waals surface area contributed by atoms with Crippen LogP contribution in [0.1, 0.15) is 25.1 Å². The van der Waals surface area contributed by atoms with Crippen molar-refractivity contribution in [2.45, 2.75) is 31.8 Å². The minimum atomic E-state index is -0.835. The topological polar surface area (TPSA) is 97.8 Å². The molecule has 0 aromatic carbocycles. The Labute approximate surface area is 109 Å². The van der Waals surface area contributed by atoms with Crippen LogP contribution in [-0.2, 0) is 4.74 Å². The molecule has 1 unspecified atom stereocenters. The van der Waals surface area contributed by atoms with Gasteiger partial charge >= 0.3 is 5.82 Å². The van der Waals surface area contributed by atoms with Gasteiger partial charge < -0.3 is 25.1 Å². The summed E-state index contributed by atoms with van der Waals surface area (Å²) in [7, 11) is 0. The van der Waals surface area contributed by atoms with Gasteiger partial charge in [-0.25, -0.2) is 4.57 Å². The first-order chi connectivity index (χ1) is 9.06. The molecule has 0 bridgehead atoms. The molecule has 2 N–H and O–H groups in total. The fraction of sp³-hybridized carbons (Fsp3) is 0.500. The van der Waals surface area contributed by atoms with Gasteiger partial charge in [0.05, 0.1) is 24.3 Å². The van der Waals surface area contributed by atoms with Gasteiger partial charge in [0, 0.05) is 6.42 Å². The van der Waals surface area contributed by atoms with E-state index < -0.39 is 23.4 Å². The van der Waals surface area contributed by atoms with Crippen molar-refractivity contribution < 1.29 is 19.9 Å². The maximum Gasteiger partial charge on any atom is 0.326 e. The largest absolute Gasteiger partial charge is 0.394 e. The highest BCUT2D eigenvalue weighted by atomic mass is 16.6. The summed E-state index contributed by atoms with van der Waals surface area (Å²) in [4.78, 5) is 10.5. The average Bonchev–Trinajstić information content (AvgIpc) is 2.93. The Balaban J connectivity index is 2.33. The van der Waals surface area contributed by atoms with Gasteiger partial charge in [-0.15, -0.1) is 5.92 Å². The van der Waals surface area contributed by atoms with E-state index in [1.165, 1.54) is 16.8 Å². The number of hydrogen-bond donors (Lipinski definition) is 2. The highest BCUT2D eigenvalue weighted by Crippen LogP contribution is 2.32. The SMILES string of the molecule is CC#Cc1cc([N+](=O)[O-])n(C2C[C@H](O)[C@@H](CO)O2)c1. The van der Waals surface area contributed by atoms with Gasteiger partial charge in [0.1, 0.15) is 12.3 Å². The number of hydrogen-bond acceptors (Lipinski definition) is 5. The summed E-state index contributed by atoms with van der Waals surface area (Å²) in [6.45, 7) is 1.31. The second-order valence-electron chi connectivity index (χ2n) is 4.24. The Morgan fingerprint density at radius 3 is 2.95 bits per heavy atom. The Morgan fingerprint density at radius 1 is 1.68 bits per heavy atom. The molecule has 2 heterocycles. The molecule has 1 aromatic heterocycles. The summed E-state index contributed by atoms with van der Waals surface area (Å²) < 4.78 is 6.73. The quantitative estimate of drug-likeness (QED) is 0.469. The van der Waals surface area contributed by atoms with E-state index in [0.717, 1.165) is 0 Å². The maximum absolute atomic E-state index is 11.0. The Morgan fingerprint density at radius 2 is 2.42 bits per heavy atom. The lowest BCUT2D eigenvalue weighted by atomic mass is 10.2. The summed E-state index contributed by atoms with van der Waals surface area (Å²) in [5.74, 6) is 5.26. The second kappa shape index (κ2) is 5.40. The highest BCUT2D eigenvalue weighted by Gasteiger charge is 2.38. The van der Waals surface area contributed by atoms with Gasteiger partial charge in [-0.3, -0.25) is 0 Å². The van der Waals surface area contributed by atoms with Crippen LogP contribution in [0.4, 0.5) is 5.82 Å². The van der Waals surface area contributed by atoms with Gasteiger partial charge in [-0.2, -0.15) is 0 Å². The molecule has 0 saturated carbocycles. The predicted molar refractivity (Wildman–Crippen MR) is 65.3 cm³/mol. The first-order valence-corrected chi connectivity index (χ1v) is 5.80. The zero-order valence-corrected chi connectivity index (χ0v) is 10.3. The van der Waals surface area contributed by atoms with Crippen LogP contribution in [0.5, 0.6) is 0 Å². The number of aliphatic hydroxyl groups is 2. The molecular formula is C12H14N2O5. The molecule has 2 rings (SSSR count). The third kappa shape index (κ3) is 2.61. The van der Waals surface area contributed by atoms with E-state index in [9.17, 15) is 15.2 Å². The van der Waals surface area contributed by atoms with Crippen LogP contribution in [0.3, 0.4) is 0 Å². The minimum Gasteiger partial charge on any atom is -0.394 e. The summed E-state index contributed by atoms with van der Waals surface area (Å²) >= 11 is 0. The standard InChI is InChI=1S/C12H14N2O5/c1-2-3-8-4-11(14(17)18)13(6-8)12-5-9(16)10(7-15)19-12/h4,6,9-10,12,15-16H,5,7H2,1H3/t9-,10+,12?/m0/s1.